The summed E-state index contributed by atoms with van der Waals surface area (Å²) in [5.41, 5.74) is 0. The van der Waals surface area contributed by atoms with Gasteiger partial charge >= 0.3 is 0 Å². The Bertz CT molecular complexity index is 81.8. The largest absolute Gasteiger partial charge is 0.385 e. The first kappa shape index (κ1) is 4.46. The van der Waals surface area contributed by atoms with Crippen molar-refractivity contribution in [3.05, 3.63) is 12.4 Å². The third-order valence-electron chi connectivity index (χ3n) is 0.787. The van der Waals surface area contributed by atoms with Gasteiger partial charge in [-0.15, -0.1) is 0 Å². The fourth-order valence-electron chi connectivity index (χ4n) is 0.448. The van der Waals surface area contributed by atoms with Gasteiger partial charge in [-0.05, 0) is 0 Å². The van der Waals surface area contributed by atoms with Gasteiger partial charge in [-0.2, -0.15) is 0 Å². The van der Waals surface area contributed by atoms with E-state index < -0.39 is 6.23 Å². The van der Waals surface area contributed by atoms with Gasteiger partial charge in [0.05, 0.1) is 6.54 Å². The Morgan fingerprint density at radius 2 is 2.43 bits per heavy atom. The van der Waals surface area contributed by atoms with Gasteiger partial charge in [0, 0.05) is 12.4 Å². The average Bonchev–Trinajstić information content (AvgIpc) is 1.69. The minimum absolute atomic E-state index is 0.483. The lowest BCUT2D eigenvalue weighted by atomic mass is 10.5. The van der Waals surface area contributed by atoms with E-state index in [1.165, 1.54) is 0 Å². The van der Waals surface area contributed by atoms with Gasteiger partial charge in [0.1, 0.15) is 0 Å². The Morgan fingerprint density at radius 1 is 1.57 bits per heavy atom. The van der Waals surface area contributed by atoms with Gasteiger partial charge < -0.3 is 10.6 Å². The predicted molar refractivity (Wildman–Crippen MR) is 24.8 cm³/mol. The molecule has 0 amide bonds. The highest BCUT2D eigenvalue weighted by molar-refractivity contribution is 4.84. The van der Waals surface area contributed by atoms with Crippen LogP contribution in [0.3, 0.4) is 0 Å². The van der Waals surface area contributed by atoms with Gasteiger partial charge in [0.25, 0.3) is 0 Å². The van der Waals surface area contributed by atoms with Crippen molar-refractivity contribution in [1.82, 2.24) is 10.6 Å². The van der Waals surface area contributed by atoms with E-state index in [2.05, 4.69) is 10.6 Å². The highest BCUT2D eigenvalue weighted by atomic mass is 16.3. The summed E-state index contributed by atoms with van der Waals surface area (Å²) < 4.78 is 0. The molecule has 0 aromatic heterocycles. The van der Waals surface area contributed by atoms with Crippen molar-refractivity contribution in [2.24, 2.45) is 0 Å². The first-order valence-corrected chi connectivity index (χ1v) is 2.20. The summed E-state index contributed by atoms with van der Waals surface area (Å²) in [4.78, 5) is 0. The third-order valence-corrected chi connectivity index (χ3v) is 0.787. The fourth-order valence-corrected chi connectivity index (χ4v) is 0.448. The number of rotatable bonds is 0. The van der Waals surface area contributed by atoms with E-state index in [9.17, 15) is 5.11 Å². The minimum atomic E-state index is -0.662. The molecule has 39 valence electrons. The first-order chi connectivity index (χ1) is 3.39. The van der Waals surface area contributed by atoms with Crippen molar-refractivity contribution < 1.29 is 5.11 Å². The SMILES string of the molecule is [O]C1CNC=CN1. The quantitative estimate of drug-likeness (QED) is 0.426. The van der Waals surface area contributed by atoms with Crippen LogP contribution in [-0.2, 0) is 5.11 Å². The fraction of sp³-hybridized carbons (Fsp3) is 0.500. The molecule has 0 aromatic carbocycles. The van der Waals surface area contributed by atoms with Gasteiger partial charge in [0.15, 0.2) is 6.23 Å². The van der Waals surface area contributed by atoms with E-state index >= 15 is 0 Å². The molecule has 2 N–H and O–H groups in total. The van der Waals surface area contributed by atoms with E-state index in [0.717, 1.165) is 0 Å². The third kappa shape index (κ3) is 1.08. The molecule has 1 atom stereocenters. The van der Waals surface area contributed by atoms with E-state index in [-0.39, 0.29) is 0 Å². The van der Waals surface area contributed by atoms with Crippen LogP contribution in [0.5, 0.6) is 0 Å². The van der Waals surface area contributed by atoms with Gasteiger partial charge in [-0.3, -0.25) is 0 Å². The van der Waals surface area contributed by atoms with Crippen molar-refractivity contribution in [2.75, 3.05) is 6.54 Å². The number of hydrogen-bond donors (Lipinski definition) is 2. The smallest absolute Gasteiger partial charge is 0.179 e. The predicted octanol–water partition coefficient (Wildman–Crippen LogP) is -0.593. The lowest BCUT2D eigenvalue weighted by Gasteiger charge is -2.12. The van der Waals surface area contributed by atoms with Crippen molar-refractivity contribution in [1.29, 1.82) is 0 Å². The van der Waals surface area contributed by atoms with Crippen LogP contribution in [0.2, 0.25) is 0 Å². The second kappa shape index (κ2) is 1.84. The van der Waals surface area contributed by atoms with Crippen molar-refractivity contribution in [3.8, 4) is 0 Å². The lowest BCUT2D eigenvalue weighted by molar-refractivity contribution is 0.0694. The molecule has 1 rings (SSSR count). The summed E-state index contributed by atoms with van der Waals surface area (Å²) in [6.45, 7) is 0.483. The molecule has 0 fully saturated rings. The average molecular weight is 99.1 g/mol. The van der Waals surface area contributed by atoms with Crippen LogP contribution in [0.4, 0.5) is 0 Å². The zero-order valence-electron chi connectivity index (χ0n) is 3.85. The molecule has 0 aliphatic carbocycles. The highest BCUT2D eigenvalue weighted by Gasteiger charge is 2.01. The van der Waals surface area contributed by atoms with Crippen LogP contribution in [0.25, 0.3) is 0 Å². The molecular formula is C4H7N2O. The molecule has 1 aliphatic rings. The molecule has 0 saturated heterocycles. The molecule has 1 unspecified atom stereocenters. The molecule has 1 heterocycles. The number of nitrogens with one attached hydrogen (secondary N) is 2. The monoisotopic (exact) mass is 99.1 g/mol. The summed E-state index contributed by atoms with van der Waals surface area (Å²) in [6.07, 6.45) is 2.67. The van der Waals surface area contributed by atoms with E-state index in [0.29, 0.717) is 6.54 Å². The molecule has 0 bridgehead atoms. The molecule has 1 radical (unpaired) electrons. The second-order valence-corrected chi connectivity index (χ2v) is 1.40. The van der Waals surface area contributed by atoms with Crippen LogP contribution < -0.4 is 10.6 Å². The zero-order chi connectivity index (χ0) is 5.11. The van der Waals surface area contributed by atoms with E-state index in [1.54, 1.807) is 12.4 Å². The van der Waals surface area contributed by atoms with Crippen molar-refractivity contribution >= 4 is 0 Å². The topological polar surface area (TPSA) is 44.0 Å². The molecule has 3 heteroatoms. The van der Waals surface area contributed by atoms with Crippen molar-refractivity contribution in [3.63, 3.8) is 0 Å². The highest BCUT2D eigenvalue weighted by Crippen LogP contribution is 1.79. The molecule has 1 aliphatic heterocycles. The van der Waals surface area contributed by atoms with Crippen LogP contribution in [-0.4, -0.2) is 12.8 Å². The minimum Gasteiger partial charge on any atom is -0.385 e. The summed E-state index contributed by atoms with van der Waals surface area (Å²) in [7, 11) is 0. The van der Waals surface area contributed by atoms with Crippen LogP contribution in [0.15, 0.2) is 12.4 Å². The van der Waals surface area contributed by atoms with Gasteiger partial charge in [0.2, 0.25) is 0 Å². The molecule has 0 aromatic rings. The maximum absolute atomic E-state index is 10.3. The Labute approximate surface area is 42.0 Å². The van der Waals surface area contributed by atoms with Crippen LogP contribution >= 0.6 is 0 Å². The molecule has 3 nitrogen and oxygen atoms in total. The Kier molecular flexibility index (Phi) is 1.17. The Morgan fingerprint density at radius 3 is 2.71 bits per heavy atom. The summed E-state index contributed by atoms with van der Waals surface area (Å²) in [6, 6.07) is 0. The molecule has 7 heavy (non-hydrogen) atoms. The maximum atomic E-state index is 10.3. The number of hydrogen-bond acceptors (Lipinski definition) is 2. The van der Waals surface area contributed by atoms with Crippen molar-refractivity contribution in [2.45, 2.75) is 6.23 Å². The second-order valence-electron chi connectivity index (χ2n) is 1.40. The summed E-state index contributed by atoms with van der Waals surface area (Å²) >= 11 is 0. The normalized spacial score (nSPS) is 28.4. The lowest BCUT2D eigenvalue weighted by Crippen LogP contribution is -2.36. The molecular weight excluding hydrogens is 92.1 g/mol. The summed E-state index contributed by atoms with van der Waals surface area (Å²) in [5, 5.41) is 15.7. The van der Waals surface area contributed by atoms with Gasteiger partial charge in [-0.25, -0.2) is 5.11 Å². The van der Waals surface area contributed by atoms with E-state index in [1.807, 2.05) is 0 Å². The van der Waals surface area contributed by atoms with E-state index in [4.69, 9.17) is 0 Å². The molecule has 0 saturated carbocycles. The maximum Gasteiger partial charge on any atom is 0.179 e. The summed E-state index contributed by atoms with van der Waals surface area (Å²) in [5.74, 6) is 0. The standard InChI is InChI=1S/C4H7N2O/c7-4-3-5-1-2-6-4/h1-2,4-6H,3H2. The Balaban J connectivity index is 2.32. The van der Waals surface area contributed by atoms with Crippen LogP contribution in [0.1, 0.15) is 0 Å². The molecule has 0 spiro atoms. The van der Waals surface area contributed by atoms with Crippen LogP contribution in [0, 0.1) is 0 Å². The Hall–Kier alpha value is -0.700. The zero-order valence-corrected chi connectivity index (χ0v) is 3.85. The van der Waals surface area contributed by atoms with Gasteiger partial charge in [-0.1, -0.05) is 0 Å². The first-order valence-electron chi connectivity index (χ1n) is 2.20.